The summed E-state index contributed by atoms with van der Waals surface area (Å²) in [4.78, 5) is 9.70. The van der Waals surface area contributed by atoms with Gasteiger partial charge in [0.25, 0.3) is 0 Å². The van der Waals surface area contributed by atoms with Gasteiger partial charge in [-0.2, -0.15) is 0 Å². The Morgan fingerprint density at radius 3 is 3.00 bits per heavy atom. The van der Waals surface area contributed by atoms with Crippen LogP contribution in [0.4, 0.5) is 0 Å². The van der Waals surface area contributed by atoms with Crippen LogP contribution in [-0.2, 0) is 19.4 Å². The second-order valence-electron chi connectivity index (χ2n) is 5.87. The number of aryl methyl sites for hydroxylation is 2. The zero-order valence-electron chi connectivity index (χ0n) is 11.1. The van der Waals surface area contributed by atoms with Gasteiger partial charge in [-0.3, -0.25) is 0 Å². The molecule has 0 spiro atoms. The SMILES string of the molecule is CC(C)(C)NCc1nc2c([nH]1)CCc1sccc1-2. The van der Waals surface area contributed by atoms with Crippen molar-refractivity contribution in [3.8, 4) is 11.3 Å². The Kier molecular flexibility index (Phi) is 2.79. The van der Waals surface area contributed by atoms with E-state index in [1.54, 1.807) is 0 Å². The first-order chi connectivity index (χ1) is 8.53. The third-order valence-electron chi connectivity index (χ3n) is 3.22. The number of rotatable bonds is 2. The van der Waals surface area contributed by atoms with Crippen LogP contribution in [0.15, 0.2) is 11.4 Å². The Hall–Kier alpha value is -1.13. The van der Waals surface area contributed by atoms with E-state index in [1.165, 1.54) is 21.8 Å². The highest BCUT2D eigenvalue weighted by Gasteiger charge is 2.21. The Morgan fingerprint density at radius 1 is 1.39 bits per heavy atom. The van der Waals surface area contributed by atoms with Crippen molar-refractivity contribution in [1.29, 1.82) is 0 Å². The lowest BCUT2D eigenvalue weighted by Gasteiger charge is -2.19. The van der Waals surface area contributed by atoms with Gasteiger partial charge in [0.2, 0.25) is 0 Å². The molecule has 0 aromatic carbocycles. The van der Waals surface area contributed by atoms with Crippen LogP contribution < -0.4 is 5.32 Å². The number of aromatic nitrogens is 2. The normalized spacial score (nSPS) is 14.4. The van der Waals surface area contributed by atoms with Crippen LogP contribution in [0.5, 0.6) is 0 Å². The zero-order valence-corrected chi connectivity index (χ0v) is 11.9. The highest BCUT2D eigenvalue weighted by molar-refractivity contribution is 7.10. The van der Waals surface area contributed by atoms with E-state index in [4.69, 9.17) is 4.98 Å². The molecule has 1 aliphatic rings. The predicted octanol–water partition coefficient (Wildman–Crippen LogP) is 3.12. The highest BCUT2D eigenvalue weighted by atomic mass is 32.1. The topological polar surface area (TPSA) is 40.7 Å². The average Bonchev–Trinajstić information content (AvgIpc) is 2.90. The molecular weight excluding hydrogens is 242 g/mol. The van der Waals surface area contributed by atoms with Crippen molar-refractivity contribution in [2.45, 2.75) is 45.7 Å². The molecule has 0 bridgehead atoms. The summed E-state index contributed by atoms with van der Waals surface area (Å²) in [5.74, 6) is 1.05. The fourth-order valence-electron chi connectivity index (χ4n) is 2.28. The van der Waals surface area contributed by atoms with Crippen molar-refractivity contribution in [3.63, 3.8) is 0 Å². The fraction of sp³-hybridized carbons (Fsp3) is 0.500. The number of hydrogen-bond acceptors (Lipinski definition) is 3. The van der Waals surface area contributed by atoms with Crippen LogP contribution >= 0.6 is 11.3 Å². The molecule has 2 aromatic rings. The number of nitrogens with one attached hydrogen (secondary N) is 2. The van der Waals surface area contributed by atoms with Crippen molar-refractivity contribution >= 4 is 11.3 Å². The molecule has 18 heavy (non-hydrogen) atoms. The third kappa shape index (κ3) is 2.22. The van der Waals surface area contributed by atoms with Gasteiger partial charge in [-0.25, -0.2) is 4.98 Å². The van der Waals surface area contributed by atoms with E-state index in [0.29, 0.717) is 0 Å². The molecule has 4 heteroatoms. The van der Waals surface area contributed by atoms with Gasteiger partial charge in [-0.1, -0.05) is 0 Å². The van der Waals surface area contributed by atoms with Gasteiger partial charge in [0.1, 0.15) is 5.82 Å². The van der Waals surface area contributed by atoms with E-state index in [-0.39, 0.29) is 5.54 Å². The molecule has 0 aliphatic heterocycles. The average molecular weight is 261 g/mol. The number of hydrogen-bond donors (Lipinski definition) is 2. The van der Waals surface area contributed by atoms with E-state index < -0.39 is 0 Å². The smallest absolute Gasteiger partial charge is 0.121 e. The van der Waals surface area contributed by atoms with Crippen molar-refractivity contribution in [3.05, 3.63) is 27.8 Å². The Labute approximate surface area is 112 Å². The van der Waals surface area contributed by atoms with Crippen LogP contribution in [0.2, 0.25) is 0 Å². The molecule has 2 aromatic heterocycles. The molecule has 0 amide bonds. The van der Waals surface area contributed by atoms with E-state index >= 15 is 0 Å². The molecule has 3 nitrogen and oxygen atoms in total. The molecule has 0 fully saturated rings. The van der Waals surface area contributed by atoms with E-state index in [2.05, 4.69) is 42.5 Å². The Bertz CT molecular complexity index is 560. The Morgan fingerprint density at radius 2 is 2.22 bits per heavy atom. The number of fused-ring (bicyclic) bond motifs is 3. The maximum Gasteiger partial charge on any atom is 0.121 e. The molecule has 96 valence electrons. The molecule has 2 N–H and O–H groups in total. The second-order valence-corrected chi connectivity index (χ2v) is 6.87. The van der Waals surface area contributed by atoms with Gasteiger partial charge in [-0.05, 0) is 45.1 Å². The van der Waals surface area contributed by atoms with Crippen molar-refractivity contribution < 1.29 is 0 Å². The molecule has 0 atom stereocenters. The van der Waals surface area contributed by atoms with Gasteiger partial charge in [0.15, 0.2) is 0 Å². The van der Waals surface area contributed by atoms with Gasteiger partial charge in [-0.15, -0.1) is 11.3 Å². The van der Waals surface area contributed by atoms with Crippen LogP contribution in [0.1, 0.15) is 37.2 Å². The number of imidazole rings is 1. The van der Waals surface area contributed by atoms with Gasteiger partial charge in [0.05, 0.1) is 12.2 Å². The molecule has 0 unspecified atom stereocenters. The number of thiophene rings is 1. The number of nitrogens with zero attached hydrogens (tertiary/aromatic N) is 1. The Balaban J connectivity index is 1.86. The minimum atomic E-state index is 0.126. The van der Waals surface area contributed by atoms with E-state index in [1.807, 2.05) is 11.3 Å². The summed E-state index contributed by atoms with van der Waals surface area (Å²) in [6.07, 6.45) is 2.24. The minimum Gasteiger partial charge on any atom is -0.344 e. The molecule has 2 heterocycles. The first-order valence-corrected chi connectivity index (χ1v) is 7.30. The summed E-state index contributed by atoms with van der Waals surface area (Å²) < 4.78 is 0. The van der Waals surface area contributed by atoms with Gasteiger partial charge >= 0.3 is 0 Å². The summed E-state index contributed by atoms with van der Waals surface area (Å²) >= 11 is 1.85. The van der Waals surface area contributed by atoms with Crippen LogP contribution in [0.3, 0.4) is 0 Å². The first-order valence-electron chi connectivity index (χ1n) is 6.42. The molecule has 0 saturated heterocycles. The van der Waals surface area contributed by atoms with Crippen molar-refractivity contribution in [1.82, 2.24) is 15.3 Å². The number of H-pyrrole nitrogens is 1. The molecule has 0 radical (unpaired) electrons. The maximum absolute atomic E-state index is 4.76. The quantitative estimate of drug-likeness (QED) is 0.872. The predicted molar refractivity (Wildman–Crippen MR) is 75.9 cm³/mol. The van der Waals surface area contributed by atoms with Crippen LogP contribution in [0, 0.1) is 0 Å². The summed E-state index contributed by atoms with van der Waals surface area (Å²) in [5, 5.41) is 5.64. The summed E-state index contributed by atoms with van der Waals surface area (Å²) in [7, 11) is 0. The third-order valence-corrected chi connectivity index (χ3v) is 4.20. The molecular formula is C14H19N3S. The standard InChI is InChI=1S/C14H19N3S/c1-14(2,3)15-8-12-16-10-4-5-11-9(6-7-18-11)13(10)17-12/h6-7,15H,4-5,8H2,1-3H3,(H,16,17). The summed E-state index contributed by atoms with van der Waals surface area (Å²) in [6, 6.07) is 2.19. The number of aromatic amines is 1. The summed E-state index contributed by atoms with van der Waals surface area (Å²) in [6.45, 7) is 7.32. The van der Waals surface area contributed by atoms with E-state index in [9.17, 15) is 0 Å². The lowest BCUT2D eigenvalue weighted by atomic mass is 10.0. The second kappa shape index (κ2) is 4.21. The maximum atomic E-state index is 4.76. The minimum absolute atomic E-state index is 0.126. The monoisotopic (exact) mass is 261 g/mol. The van der Waals surface area contributed by atoms with Gasteiger partial charge < -0.3 is 10.3 Å². The van der Waals surface area contributed by atoms with Crippen molar-refractivity contribution in [2.75, 3.05) is 0 Å². The lowest BCUT2D eigenvalue weighted by molar-refractivity contribution is 0.418. The first kappa shape index (κ1) is 11.9. The lowest BCUT2D eigenvalue weighted by Crippen LogP contribution is -2.35. The zero-order chi connectivity index (χ0) is 12.8. The highest BCUT2D eigenvalue weighted by Crippen LogP contribution is 2.35. The van der Waals surface area contributed by atoms with Crippen molar-refractivity contribution in [2.24, 2.45) is 0 Å². The van der Waals surface area contributed by atoms with Crippen LogP contribution in [0.25, 0.3) is 11.3 Å². The fourth-order valence-corrected chi connectivity index (χ4v) is 3.16. The largest absolute Gasteiger partial charge is 0.344 e. The van der Waals surface area contributed by atoms with E-state index in [0.717, 1.165) is 25.2 Å². The summed E-state index contributed by atoms with van der Waals surface area (Å²) in [5.41, 5.74) is 3.93. The van der Waals surface area contributed by atoms with Gasteiger partial charge in [0, 0.05) is 21.7 Å². The van der Waals surface area contributed by atoms with Crippen LogP contribution in [-0.4, -0.2) is 15.5 Å². The molecule has 0 saturated carbocycles. The molecule has 3 rings (SSSR count). The molecule has 1 aliphatic carbocycles.